The van der Waals surface area contributed by atoms with E-state index in [1.165, 1.54) is 64.2 Å². The average Bonchev–Trinajstić information content (AvgIpc) is 2.35. The van der Waals surface area contributed by atoms with E-state index in [2.05, 4.69) is 6.92 Å². The Bertz CT molecular complexity index is 137. The van der Waals surface area contributed by atoms with Crippen LogP contribution in [0, 0.1) is 0 Å². The molecule has 0 aromatic heterocycles. The number of ether oxygens (including phenoxy) is 1. The zero-order valence-electron chi connectivity index (χ0n) is 11.9. The minimum Gasteiger partial charge on any atom is -0.368 e. The first-order valence-electron chi connectivity index (χ1n) is 7.52. The summed E-state index contributed by atoms with van der Waals surface area (Å²) in [6, 6.07) is 0. The normalized spacial score (nSPS) is 12.9. The van der Waals surface area contributed by atoms with Gasteiger partial charge in [0.1, 0.15) is 0 Å². The lowest BCUT2D eigenvalue weighted by molar-refractivity contribution is -0.0793. The van der Waals surface area contributed by atoms with Crippen LogP contribution in [0.15, 0.2) is 0 Å². The van der Waals surface area contributed by atoms with Crippen LogP contribution in [0.5, 0.6) is 0 Å². The lowest BCUT2D eigenvalue weighted by Gasteiger charge is -2.07. The van der Waals surface area contributed by atoms with E-state index in [1.54, 1.807) is 7.11 Å². The maximum Gasteiger partial charge on any atom is 0.154 e. The third-order valence-electron chi connectivity index (χ3n) is 3.33. The molecule has 0 aliphatic rings. The van der Waals surface area contributed by atoms with Crippen LogP contribution < -0.4 is 0 Å². The fourth-order valence-electron chi connectivity index (χ4n) is 2.10. The van der Waals surface area contributed by atoms with Crippen molar-refractivity contribution >= 4 is 0 Å². The Morgan fingerprint density at radius 1 is 0.765 bits per heavy atom. The van der Waals surface area contributed by atoms with Gasteiger partial charge in [0.2, 0.25) is 0 Å². The molecule has 0 saturated carbocycles. The van der Waals surface area contributed by atoms with E-state index in [1.807, 2.05) is 0 Å². The maximum absolute atomic E-state index is 9.18. The summed E-state index contributed by atoms with van der Waals surface area (Å²) in [5.74, 6) is 0. The Kier molecular flexibility index (Phi) is 13.9. The second-order valence-electron chi connectivity index (χ2n) is 5.01. The molecule has 0 heterocycles. The molecule has 2 heteroatoms. The van der Waals surface area contributed by atoms with E-state index in [0.717, 1.165) is 12.8 Å². The molecule has 0 bridgehead atoms. The molecule has 0 saturated heterocycles. The molecular weight excluding hydrogens is 212 g/mol. The Hall–Kier alpha value is -0.0800. The summed E-state index contributed by atoms with van der Waals surface area (Å²) in [7, 11) is 1.56. The van der Waals surface area contributed by atoms with Crippen molar-refractivity contribution in [3.8, 4) is 0 Å². The number of aliphatic hydroxyl groups excluding tert-OH is 1. The molecule has 1 unspecified atom stereocenters. The molecule has 17 heavy (non-hydrogen) atoms. The highest BCUT2D eigenvalue weighted by molar-refractivity contribution is 4.49. The lowest BCUT2D eigenvalue weighted by Crippen LogP contribution is -2.07. The smallest absolute Gasteiger partial charge is 0.154 e. The standard InChI is InChI=1S/C15H32O2/c1-3-4-5-6-7-8-9-10-11-12-13-14-15(16)17-2/h15-16H,3-14H2,1-2H3. The summed E-state index contributed by atoms with van der Waals surface area (Å²) in [5.41, 5.74) is 0. The zero-order chi connectivity index (χ0) is 12.8. The average molecular weight is 244 g/mol. The monoisotopic (exact) mass is 244 g/mol. The molecule has 0 aromatic carbocycles. The van der Waals surface area contributed by atoms with Crippen molar-refractivity contribution < 1.29 is 9.84 Å². The van der Waals surface area contributed by atoms with Gasteiger partial charge in [-0.2, -0.15) is 0 Å². The number of hydrogen-bond donors (Lipinski definition) is 1. The van der Waals surface area contributed by atoms with Gasteiger partial charge in [0.25, 0.3) is 0 Å². The van der Waals surface area contributed by atoms with E-state index in [-0.39, 0.29) is 0 Å². The molecule has 0 radical (unpaired) electrons. The summed E-state index contributed by atoms with van der Waals surface area (Å²) in [4.78, 5) is 0. The largest absolute Gasteiger partial charge is 0.368 e. The Labute approximate surface area is 108 Å². The summed E-state index contributed by atoms with van der Waals surface area (Å²) in [5, 5.41) is 9.18. The summed E-state index contributed by atoms with van der Waals surface area (Å²) < 4.78 is 4.80. The third kappa shape index (κ3) is 13.9. The second kappa shape index (κ2) is 14.0. The first-order chi connectivity index (χ1) is 8.31. The highest BCUT2D eigenvalue weighted by atomic mass is 16.6. The Balaban J connectivity index is 2.94. The fourth-order valence-corrected chi connectivity index (χ4v) is 2.10. The van der Waals surface area contributed by atoms with Gasteiger partial charge in [-0.3, -0.25) is 0 Å². The van der Waals surface area contributed by atoms with Crippen molar-refractivity contribution in [3.63, 3.8) is 0 Å². The van der Waals surface area contributed by atoms with Crippen LogP contribution in [0.4, 0.5) is 0 Å². The molecule has 0 aliphatic heterocycles. The SMILES string of the molecule is CCCCCCCCCCCCCC(O)OC. The fraction of sp³-hybridized carbons (Fsp3) is 1.00. The number of rotatable bonds is 13. The molecule has 104 valence electrons. The first kappa shape index (κ1) is 16.9. The molecule has 0 amide bonds. The van der Waals surface area contributed by atoms with Crippen LogP contribution in [0.2, 0.25) is 0 Å². The summed E-state index contributed by atoms with van der Waals surface area (Å²) >= 11 is 0. The summed E-state index contributed by atoms with van der Waals surface area (Å²) in [6.07, 6.45) is 15.0. The van der Waals surface area contributed by atoms with Gasteiger partial charge in [-0.05, 0) is 12.8 Å². The minimum atomic E-state index is -0.548. The molecule has 0 spiro atoms. The van der Waals surface area contributed by atoms with Gasteiger partial charge in [0.15, 0.2) is 6.29 Å². The summed E-state index contributed by atoms with van der Waals surface area (Å²) in [6.45, 7) is 2.26. The van der Waals surface area contributed by atoms with Crippen LogP contribution in [-0.4, -0.2) is 18.5 Å². The van der Waals surface area contributed by atoms with Gasteiger partial charge in [-0.1, -0.05) is 71.1 Å². The highest BCUT2D eigenvalue weighted by Gasteiger charge is 1.99. The van der Waals surface area contributed by atoms with E-state index in [4.69, 9.17) is 4.74 Å². The lowest BCUT2D eigenvalue weighted by atomic mass is 10.1. The molecule has 0 aliphatic carbocycles. The predicted molar refractivity (Wildman–Crippen MR) is 74.1 cm³/mol. The van der Waals surface area contributed by atoms with Crippen LogP contribution in [-0.2, 0) is 4.74 Å². The number of unbranched alkanes of at least 4 members (excludes halogenated alkanes) is 10. The molecule has 0 fully saturated rings. The van der Waals surface area contributed by atoms with Crippen molar-refractivity contribution in [2.75, 3.05) is 7.11 Å². The van der Waals surface area contributed by atoms with Gasteiger partial charge >= 0.3 is 0 Å². The highest BCUT2D eigenvalue weighted by Crippen LogP contribution is 2.12. The molecule has 0 rings (SSSR count). The van der Waals surface area contributed by atoms with Gasteiger partial charge in [0.05, 0.1) is 0 Å². The quantitative estimate of drug-likeness (QED) is 0.377. The molecule has 2 nitrogen and oxygen atoms in total. The number of hydrogen-bond acceptors (Lipinski definition) is 2. The Morgan fingerprint density at radius 2 is 1.18 bits per heavy atom. The van der Waals surface area contributed by atoms with Crippen LogP contribution in [0.25, 0.3) is 0 Å². The van der Waals surface area contributed by atoms with Crippen molar-refractivity contribution in [2.24, 2.45) is 0 Å². The zero-order valence-corrected chi connectivity index (χ0v) is 11.9. The predicted octanol–water partition coefficient (Wildman–Crippen LogP) is 4.65. The number of methoxy groups -OCH3 is 1. The Morgan fingerprint density at radius 3 is 1.59 bits per heavy atom. The first-order valence-corrected chi connectivity index (χ1v) is 7.52. The van der Waals surface area contributed by atoms with E-state index in [0.29, 0.717) is 0 Å². The molecule has 1 atom stereocenters. The maximum atomic E-state index is 9.18. The molecular formula is C15H32O2. The van der Waals surface area contributed by atoms with Crippen molar-refractivity contribution in [3.05, 3.63) is 0 Å². The second-order valence-corrected chi connectivity index (χ2v) is 5.01. The van der Waals surface area contributed by atoms with Gasteiger partial charge in [0, 0.05) is 7.11 Å². The van der Waals surface area contributed by atoms with Gasteiger partial charge in [-0.25, -0.2) is 0 Å². The third-order valence-corrected chi connectivity index (χ3v) is 3.33. The van der Waals surface area contributed by atoms with Crippen molar-refractivity contribution in [1.82, 2.24) is 0 Å². The van der Waals surface area contributed by atoms with Crippen LogP contribution in [0.1, 0.15) is 84.0 Å². The number of aliphatic hydroxyl groups is 1. The molecule has 0 aromatic rings. The van der Waals surface area contributed by atoms with E-state index in [9.17, 15) is 5.11 Å². The van der Waals surface area contributed by atoms with Crippen LogP contribution in [0.3, 0.4) is 0 Å². The van der Waals surface area contributed by atoms with Crippen molar-refractivity contribution in [2.45, 2.75) is 90.3 Å². The van der Waals surface area contributed by atoms with Gasteiger partial charge < -0.3 is 9.84 Å². The van der Waals surface area contributed by atoms with Crippen molar-refractivity contribution in [1.29, 1.82) is 0 Å². The minimum absolute atomic E-state index is 0.548. The topological polar surface area (TPSA) is 29.5 Å². The van der Waals surface area contributed by atoms with Gasteiger partial charge in [-0.15, -0.1) is 0 Å². The van der Waals surface area contributed by atoms with E-state index < -0.39 is 6.29 Å². The molecule has 1 N–H and O–H groups in total. The van der Waals surface area contributed by atoms with E-state index >= 15 is 0 Å². The van der Waals surface area contributed by atoms with Crippen LogP contribution >= 0.6 is 0 Å².